The molecule has 1 N–H and O–H groups in total. The summed E-state index contributed by atoms with van der Waals surface area (Å²) >= 11 is 0. The zero-order chi connectivity index (χ0) is 40.3. The number of hydrogen-bond donors (Lipinski definition) is 1. The van der Waals surface area contributed by atoms with Gasteiger partial charge in [-0.3, -0.25) is 4.79 Å². The first-order chi connectivity index (χ1) is 28.9. The Morgan fingerprint density at radius 1 is 0.644 bits per heavy atom. The number of nitrogens with zero attached hydrogens (tertiary/aromatic N) is 2. The fourth-order valence-electron chi connectivity index (χ4n) is 8.16. The minimum Gasteiger partial charge on any atom is -0.497 e. The third-order valence-electron chi connectivity index (χ3n) is 11.4. The largest absolute Gasteiger partial charge is 0.497 e. The second-order valence-electron chi connectivity index (χ2n) is 14.7. The summed E-state index contributed by atoms with van der Waals surface area (Å²) < 4.78 is 17.8. The van der Waals surface area contributed by atoms with Crippen molar-refractivity contribution in [1.82, 2.24) is 0 Å². The molecule has 0 aliphatic carbocycles. The van der Waals surface area contributed by atoms with Gasteiger partial charge in [-0.05, 0) is 101 Å². The normalized spacial score (nSPS) is 15.9. The van der Waals surface area contributed by atoms with Gasteiger partial charge < -0.3 is 29.3 Å². The van der Waals surface area contributed by atoms with Gasteiger partial charge in [0, 0.05) is 70.9 Å². The number of anilines is 3. The predicted octanol–water partition coefficient (Wildman–Crippen LogP) is 10.2. The van der Waals surface area contributed by atoms with Crippen LogP contribution >= 0.6 is 0 Å². The molecule has 8 nitrogen and oxygen atoms in total. The third kappa shape index (κ3) is 7.25. The summed E-state index contributed by atoms with van der Waals surface area (Å²) in [5, 5.41) is 4.48. The molecule has 0 aromatic heterocycles. The highest BCUT2D eigenvalue weighted by Crippen LogP contribution is 2.47. The number of ether oxygens (including phenoxy) is 3. The molecular formula is C51H43N3O5. The van der Waals surface area contributed by atoms with E-state index in [1.807, 2.05) is 91.0 Å². The maximum Gasteiger partial charge on any atom is 0.338 e. The number of piperazine rings is 1. The van der Waals surface area contributed by atoms with Crippen LogP contribution < -0.4 is 24.6 Å². The summed E-state index contributed by atoms with van der Waals surface area (Å²) in [6.07, 6.45) is 3.99. The molecule has 7 aromatic carbocycles. The first-order valence-electron chi connectivity index (χ1n) is 19.8. The fraction of sp³-hybridized carbons (Fsp3) is 0.137. The summed E-state index contributed by atoms with van der Waals surface area (Å²) in [6.45, 7) is 3.60. The van der Waals surface area contributed by atoms with Crippen LogP contribution in [0.3, 0.4) is 0 Å². The fourth-order valence-corrected chi connectivity index (χ4v) is 8.16. The lowest BCUT2D eigenvalue weighted by atomic mass is 9.82. The van der Waals surface area contributed by atoms with E-state index in [9.17, 15) is 9.59 Å². The molecule has 8 heteroatoms. The van der Waals surface area contributed by atoms with Crippen molar-refractivity contribution in [2.45, 2.75) is 5.60 Å². The first-order valence-corrected chi connectivity index (χ1v) is 19.8. The Labute approximate surface area is 343 Å². The van der Waals surface area contributed by atoms with E-state index in [1.165, 1.54) is 12.8 Å². The van der Waals surface area contributed by atoms with Gasteiger partial charge in [-0.15, -0.1) is 0 Å². The lowest BCUT2D eigenvalue weighted by Gasteiger charge is -2.39. The highest BCUT2D eigenvalue weighted by Gasteiger charge is 2.39. The van der Waals surface area contributed by atoms with Gasteiger partial charge >= 0.3 is 5.97 Å². The highest BCUT2D eigenvalue weighted by molar-refractivity contribution is 6.09. The number of esters is 1. The van der Waals surface area contributed by atoms with Gasteiger partial charge in [0.05, 0.1) is 19.8 Å². The third-order valence-corrected chi connectivity index (χ3v) is 11.4. The second kappa shape index (κ2) is 15.9. The van der Waals surface area contributed by atoms with E-state index in [2.05, 4.69) is 75.8 Å². The van der Waals surface area contributed by atoms with Gasteiger partial charge in [0.1, 0.15) is 11.5 Å². The summed E-state index contributed by atoms with van der Waals surface area (Å²) in [6, 6.07) is 52.1. The van der Waals surface area contributed by atoms with Crippen molar-refractivity contribution in [1.29, 1.82) is 0 Å². The van der Waals surface area contributed by atoms with E-state index < -0.39 is 11.6 Å². The Kier molecular flexibility index (Phi) is 10.0. The smallest absolute Gasteiger partial charge is 0.338 e. The van der Waals surface area contributed by atoms with Crippen molar-refractivity contribution < 1.29 is 23.8 Å². The number of hydrogen-bond acceptors (Lipinski definition) is 7. The number of benzene rings is 7. The molecule has 2 aliphatic rings. The van der Waals surface area contributed by atoms with Crippen LogP contribution in [-0.4, -0.2) is 52.3 Å². The molecule has 1 amide bonds. The van der Waals surface area contributed by atoms with Crippen LogP contribution in [0.4, 0.5) is 17.1 Å². The molecule has 292 valence electrons. The van der Waals surface area contributed by atoms with Crippen molar-refractivity contribution in [3.63, 3.8) is 0 Å². The Morgan fingerprint density at radius 3 is 1.86 bits per heavy atom. The maximum atomic E-state index is 13.6. The Hall–Kier alpha value is -7.32. The molecule has 7 aromatic rings. The molecule has 0 bridgehead atoms. The van der Waals surface area contributed by atoms with E-state index in [-0.39, 0.29) is 5.91 Å². The van der Waals surface area contributed by atoms with E-state index in [4.69, 9.17) is 14.2 Å². The highest BCUT2D eigenvalue weighted by atomic mass is 16.5. The van der Waals surface area contributed by atoms with Crippen LogP contribution in [0.2, 0.25) is 0 Å². The van der Waals surface area contributed by atoms with Gasteiger partial charge in [0.2, 0.25) is 0 Å². The summed E-state index contributed by atoms with van der Waals surface area (Å²) in [7, 11) is 3.06. The Balaban J connectivity index is 1.01. The zero-order valence-electron chi connectivity index (χ0n) is 32.9. The molecule has 1 atom stereocenters. The molecular weight excluding hydrogens is 735 g/mol. The van der Waals surface area contributed by atoms with Crippen molar-refractivity contribution in [3.05, 3.63) is 192 Å². The number of methoxy groups -OCH3 is 2. The standard InChI is InChI=1S/C51H43N3O5/c1-57-44-24-22-43(23-25-44)54-31-29-53(30-32-54)42-20-16-40(17-21-42)51(39-11-7-4-8-12-39)28-27-46-47(50(56)58-2)34-38-33-37(15-26-45(38)48(46)59-51)49(55)52-41-18-13-36(14-19-41)35-9-5-3-6-10-35/h3-28,33-34H,29-32H2,1-2H3,(H,52,55). The van der Waals surface area contributed by atoms with Crippen LogP contribution in [0.5, 0.6) is 11.5 Å². The van der Waals surface area contributed by atoms with Crippen LogP contribution in [0, 0.1) is 0 Å². The molecule has 1 unspecified atom stereocenters. The minimum atomic E-state index is -1.01. The Bertz CT molecular complexity index is 2660. The van der Waals surface area contributed by atoms with E-state index in [1.54, 1.807) is 25.3 Å². The second-order valence-corrected chi connectivity index (χ2v) is 14.7. The lowest BCUT2D eigenvalue weighted by Crippen LogP contribution is -2.46. The number of amides is 1. The molecule has 9 rings (SSSR count). The van der Waals surface area contributed by atoms with Crippen molar-refractivity contribution in [3.8, 4) is 22.6 Å². The number of nitrogens with one attached hydrogen (secondary N) is 1. The maximum absolute atomic E-state index is 13.6. The van der Waals surface area contributed by atoms with Crippen molar-refractivity contribution in [2.75, 3.05) is 55.5 Å². The Morgan fingerprint density at radius 2 is 1.24 bits per heavy atom. The average Bonchev–Trinajstić information content (AvgIpc) is 3.31. The SMILES string of the molecule is COC(=O)c1cc2cc(C(=O)Nc3ccc(-c4ccccc4)cc3)ccc2c2c1C=CC(c1ccccc1)(c1ccc(N3CCN(c4ccc(OC)cc4)CC3)cc1)O2. The van der Waals surface area contributed by atoms with Crippen LogP contribution in [0.25, 0.3) is 28.0 Å². The number of carbonyl (C=O) groups is 2. The number of rotatable bonds is 9. The van der Waals surface area contributed by atoms with E-state index in [0.717, 1.165) is 65.3 Å². The quantitative estimate of drug-likeness (QED) is 0.146. The number of fused-ring (bicyclic) bond motifs is 3. The van der Waals surface area contributed by atoms with Crippen LogP contribution in [0.1, 0.15) is 37.4 Å². The van der Waals surface area contributed by atoms with Crippen LogP contribution in [0.15, 0.2) is 164 Å². The molecule has 0 radical (unpaired) electrons. The first kappa shape index (κ1) is 37.3. The minimum absolute atomic E-state index is 0.265. The van der Waals surface area contributed by atoms with E-state index >= 15 is 0 Å². The summed E-state index contributed by atoms with van der Waals surface area (Å²) in [5.41, 5.74) is 7.47. The zero-order valence-corrected chi connectivity index (χ0v) is 32.9. The molecule has 2 heterocycles. The summed E-state index contributed by atoms with van der Waals surface area (Å²) in [4.78, 5) is 31.8. The predicted molar refractivity (Wildman–Crippen MR) is 236 cm³/mol. The van der Waals surface area contributed by atoms with Gasteiger partial charge in [-0.2, -0.15) is 0 Å². The van der Waals surface area contributed by atoms with E-state index in [0.29, 0.717) is 33.5 Å². The van der Waals surface area contributed by atoms with Crippen molar-refractivity contribution in [2.24, 2.45) is 0 Å². The molecule has 0 spiro atoms. The molecule has 59 heavy (non-hydrogen) atoms. The monoisotopic (exact) mass is 777 g/mol. The van der Waals surface area contributed by atoms with Gasteiger partial charge in [0.25, 0.3) is 5.91 Å². The lowest BCUT2D eigenvalue weighted by molar-refractivity contribution is 0.0599. The molecule has 2 aliphatic heterocycles. The number of carbonyl (C=O) groups excluding carboxylic acids is 2. The summed E-state index contributed by atoms with van der Waals surface area (Å²) in [5.74, 6) is 0.636. The molecule has 1 fully saturated rings. The van der Waals surface area contributed by atoms with Gasteiger partial charge in [-0.25, -0.2) is 4.79 Å². The van der Waals surface area contributed by atoms with Crippen LogP contribution in [-0.2, 0) is 10.3 Å². The average molecular weight is 778 g/mol. The van der Waals surface area contributed by atoms with Crippen molar-refractivity contribution >= 4 is 45.8 Å². The van der Waals surface area contributed by atoms with Gasteiger partial charge in [-0.1, -0.05) is 84.9 Å². The topological polar surface area (TPSA) is 80.3 Å². The van der Waals surface area contributed by atoms with Gasteiger partial charge in [0.15, 0.2) is 5.60 Å². The molecule has 0 saturated carbocycles. The molecule has 1 saturated heterocycles.